The molecule has 2 heterocycles. The lowest BCUT2D eigenvalue weighted by Crippen LogP contribution is -2.46. The summed E-state index contributed by atoms with van der Waals surface area (Å²) >= 11 is 0. The third-order valence-electron chi connectivity index (χ3n) is 7.38. The zero-order valence-electron chi connectivity index (χ0n) is 20.9. The Morgan fingerprint density at radius 3 is 2.19 bits per heavy atom. The van der Waals surface area contributed by atoms with Gasteiger partial charge in [0, 0.05) is 29.6 Å². The molecule has 5 rings (SSSR count). The molecule has 1 saturated heterocycles. The van der Waals surface area contributed by atoms with Crippen LogP contribution in [0.5, 0.6) is 5.75 Å². The maximum absolute atomic E-state index is 13.2. The van der Waals surface area contributed by atoms with Crippen LogP contribution in [0, 0.1) is 5.92 Å². The Morgan fingerprint density at radius 1 is 0.944 bits per heavy atom. The average molecular weight is 487 g/mol. The lowest BCUT2D eigenvalue weighted by Gasteiger charge is -2.36. The maximum Gasteiger partial charge on any atom is 0.261 e. The topological polar surface area (TPSA) is 70.1 Å². The monoisotopic (exact) mass is 486 g/mol. The highest BCUT2D eigenvalue weighted by molar-refractivity contribution is 6.25. The molecule has 0 aliphatic carbocycles. The number of rotatable bonds is 9. The Balaban J connectivity index is 1.11. The van der Waals surface area contributed by atoms with Crippen LogP contribution in [-0.2, 0) is 6.42 Å². The van der Waals surface area contributed by atoms with Crippen LogP contribution >= 0.6 is 0 Å². The lowest BCUT2D eigenvalue weighted by atomic mass is 9.91. The normalized spacial score (nSPS) is 17.6. The minimum Gasteiger partial charge on any atom is -0.491 e. The zero-order valence-corrected chi connectivity index (χ0v) is 20.9. The number of amides is 2. The second kappa shape index (κ2) is 10.8. The van der Waals surface area contributed by atoms with Gasteiger partial charge in [-0.1, -0.05) is 49.7 Å². The standard InChI is InChI=1S/C30H34N2O4/c1-2-5-21-10-12-25(13-11-21)36-20-24(33)19-31-16-14-22(15-17-31)18-32-29(34)26-8-3-6-23-7-4-9-27(28(23)26)30(32)35/h3-4,6-13,22,24,33H,2,5,14-20H2,1H3/t24-/m0/s1. The third-order valence-corrected chi connectivity index (χ3v) is 7.38. The Morgan fingerprint density at radius 2 is 1.58 bits per heavy atom. The summed E-state index contributed by atoms with van der Waals surface area (Å²) in [5.41, 5.74) is 2.52. The molecule has 2 aliphatic rings. The van der Waals surface area contributed by atoms with E-state index in [0.29, 0.717) is 24.2 Å². The quantitative estimate of drug-likeness (QED) is 0.450. The van der Waals surface area contributed by atoms with E-state index in [9.17, 15) is 14.7 Å². The summed E-state index contributed by atoms with van der Waals surface area (Å²) in [5, 5.41) is 12.2. The van der Waals surface area contributed by atoms with Crippen molar-refractivity contribution in [2.75, 3.05) is 32.8 Å². The molecular weight excluding hydrogens is 452 g/mol. The zero-order chi connectivity index (χ0) is 25.1. The number of likely N-dealkylation sites (tertiary alicyclic amines) is 1. The summed E-state index contributed by atoms with van der Waals surface area (Å²) in [4.78, 5) is 30.0. The number of β-amino-alcohol motifs (C(OH)–C–C–N with tert-alkyl or cyclic N) is 1. The van der Waals surface area contributed by atoms with E-state index in [1.807, 2.05) is 48.5 Å². The van der Waals surface area contributed by atoms with Gasteiger partial charge in [-0.2, -0.15) is 0 Å². The van der Waals surface area contributed by atoms with Crippen LogP contribution < -0.4 is 4.74 Å². The molecule has 0 spiro atoms. The van der Waals surface area contributed by atoms with Gasteiger partial charge in [0.1, 0.15) is 18.5 Å². The molecule has 36 heavy (non-hydrogen) atoms. The Bertz CT molecular complexity index is 1180. The summed E-state index contributed by atoms with van der Waals surface area (Å²) in [6, 6.07) is 19.4. The molecule has 1 atom stereocenters. The van der Waals surface area contributed by atoms with Crippen molar-refractivity contribution in [1.29, 1.82) is 0 Å². The third kappa shape index (κ3) is 5.15. The summed E-state index contributed by atoms with van der Waals surface area (Å²) in [5.74, 6) is 0.651. The Kier molecular flexibility index (Phi) is 7.35. The number of aryl methyl sites for hydroxylation is 1. The molecule has 1 fully saturated rings. The van der Waals surface area contributed by atoms with Crippen LogP contribution in [0.25, 0.3) is 10.8 Å². The predicted molar refractivity (Wildman–Crippen MR) is 140 cm³/mol. The molecule has 2 amide bonds. The molecule has 0 unspecified atom stereocenters. The lowest BCUT2D eigenvalue weighted by molar-refractivity contribution is 0.0453. The molecule has 3 aromatic rings. The number of carbonyl (C=O) groups is 2. The predicted octanol–water partition coefficient (Wildman–Crippen LogP) is 4.54. The second-order valence-electron chi connectivity index (χ2n) is 10.0. The van der Waals surface area contributed by atoms with Crippen LogP contribution in [0.1, 0.15) is 52.5 Å². The van der Waals surface area contributed by atoms with Crippen LogP contribution in [0.2, 0.25) is 0 Å². The fourth-order valence-electron chi connectivity index (χ4n) is 5.44. The fourth-order valence-corrected chi connectivity index (χ4v) is 5.44. The minimum absolute atomic E-state index is 0.193. The summed E-state index contributed by atoms with van der Waals surface area (Å²) in [6.45, 7) is 5.07. The van der Waals surface area contributed by atoms with Crippen molar-refractivity contribution in [3.63, 3.8) is 0 Å². The van der Waals surface area contributed by atoms with Crippen molar-refractivity contribution in [1.82, 2.24) is 9.80 Å². The maximum atomic E-state index is 13.2. The summed E-state index contributed by atoms with van der Waals surface area (Å²) < 4.78 is 5.78. The van der Waals surface area contributed by atoms with Crippen LogP contribution in [0.4, 0.5) is 0 Å². The van der Waals surface area contributed by atoms with Crippen molar-refractivity contribution in [2.24, 2.45) is 5.92 Å². The molecule has 6 nitrogen and oxygen atoms in total. The Labute approximate surface area is 212 Å². The van der Waals surface area contributed by atoms with Crippen molar-refractivity contribution in [2.45, 2.75) is 38.7 Å². The van der Waals surface area contributed by atoms with Gasteiger partial charge in [0.15, 0.2) is 0 Å². The molecule has 0 radical (unpaired) electrons. The van der Waals surface area contributed by atoms with E-state index < -0.39 is 6.10 Å². The number of aliphatic hydroxyl groups excluding tert-OH is 1. The van der Waals surface area contributed by atoms with Crippen LogP contribution in [0.3, 0.4) is 0 Å². The van der Waals surface area contributed by atoms with Crippen molar-refractivity contribution in [3.05, 3.63) is 77.4 Å². The van der Waals surface area contributed by atoms with Crippen molar-refractivity contribution >= 4 is 22.6 Å². The number of piperidine rings is 1. The molecule has 188 valence electrons. The van der Waals surface area contributed by atoms with Gasteiger partial charge in [-0.15, -0.1) is 0 Å². The number of benzene rings is 3. The van der Waals surface area contributed by atoms with Gasteiger partial charge in [-0.25, -0.2) is 0 Å². The molecule has 2 aliphatic heterocycles. The van der Waals surface area contributed by atoms with Gasteiger partial charge in [-0.3, -0.25) is 14.5 Å². The van der Waals surface area contributed by atoms with Crippen molar-refractivity contribution < 1.29 is 19.4 Å². The number of carbonyl (C=O) groups excluding carboxylic acids is 2. The van der Waals surface area contributed by atoms with Gasteiger partial charge in [-0.05, 0) is 73.5 Å². The van der Waals surface area contributed by atoms with Crippen LogP contribution in [0.15, 0.2) is 60.7 Å². The van der Waals surface area contributed by atoms with E-state index in [1.165, 1.54) is 10.5 Å². The summed E-state index contributed by atoms with van der Waals surface area (Å²) in [6.07, 6.45) is 3.37. The fraction of sp³-hybridized carbons (Fsp3) is 0.400. The van der Waals surface area contributed by atoms with Gasteiger partial charge in [0.25, 0.3) is 11.8 Å². The van der Waals surface area contributed by atoms with E-state index >= 15 is 0 Å². The van der Waals surface area contributed by atoms with E-state index in [2.05, 4.69) is 24.0 Å². The highest BCUT2D eigenvalue weighted by atomic mass is 16.5. The first-order valence-corrected chi connectivity index (χ1v) is 13.0. The first-order valence-electron chi connectivity index (χ1n) is 13.0. The van der Waals surface area contributed by atoms with E-state index in [0.717, 1.165) is 55.3 Å². The number of hydrogen-bond donors (Lipinski definition) is 1. The Hall–Kier alpha value is -3.22. The van der Waals surface area contributed by atoms with Gasteiger partial charge < -0.3 is 14.7 Å². The largest absolute Gasteiger partial charge is 0.491 e. The molecule has 6 heteroatoms. The smallest absolute Gasteiger partial charge is 0.261 e. The number of imide groups is 1. The number of ether oxygens (including phenoxy) is 1. The van der Waals surface area contributed by atoms with E-state index in [1.54, 1.807) is 0 Å². The number of aliphatic hydroxyl groups is 1. The number of nitrogens with zero attached hydrogens (tertiary/aromatic N) is 2. The van der Waals surface area contributed by atoms with Crippen LogP contribution in [-0.4, -0.2) is 65.6 Å². The average Bonchev–Trinajstić information content (AvgIpc) is 2.90. The van der Waals surface area contributed by atoms with E-state index in [-0.39, 0.29) is 24.3 Å². The molecule has 0 saturated carbocycles. The summed E-state index contributed by atoms with van der Waals surface area (Å²) in [7, 11) is 0. The molecule has 0 bridgehead atoms. The highest BCUT2D eigenvalue weighted by Gasteiger charge is 2.34. The second-order valence-corrected chi connectivity index (χ2v) is 10.0. The van der Waals surface area contributed by atoms with Gasteiger partial charge in [0.2, 0.25) is 0 Å². The van der Waals surface area contributed by atoms with Gasteiger partial charge in [0.05, 0.1) is 0 Å². The van der Waals surface area contributed by atoms with E-state index in [4.69, 9.17) is 4.74 Å². The molecular formula is C30H34N2O4. The molecule has 0 aromatic heterocycles. The first-order chi connectivity index (χ1) is 17.5. The van der Waals surface area contributed by atoms with Gasteiger partial charge >= 0.3 is 0 Å². The number of hydrogen-bond acceptors (Lipinski definition) is 5. The SMILES string of the molecule is CCCc1ccc(OC[C@@H](O)CN2CCC(CN3C(=O)c4cccc5cccc(c45)C3=O)CC2)cc1. The van der Waals surface area contributed by atoms with Crippen molar-refractivity contribution in [3.8, 4) is 5.75 Å². The minimum atomic E-state index is -0.570. The first kappa shape index (κ1) is 24.5. The molecule has 1 N–H and O–H groups in total. The highest BCUT2D eigenvalue weighted by Crippen LogP contribution is 2.31. The molecule has 3 aromatic carbocycles.